The standard InChI is InChI=1S/C18H11I2N3O3/c1-2-7-26-16-13(19)8-11(9-14(16)20)10-21-23-17(24)12-5-3-4-6-15(12)22-18(23)25/h1,3-6,8-10H,7H2,(H,22,25). The van der Waals surface area contributed by atoms with Crippen molar-refractivity contribution in [1.82, 2.24) is 9.66 Å². The molecule has 1 heterocycles. The van der Waals surface area contributed by atoms with Crippen LogP contribution < -0.4 is 16.0 Å². The van der Waals surface area contributed by atoms with Gasteiger partial charge in [-0.1, -0.05) is 18.1 Å². The first-order chi connectivity index (χ1) is 12.5. The maximum absolute atomic E-state index is 12.5. The van der Waals surface area contributed by atoms with Crippen molar-refractivity contribution in [3.63, 3.8) is 0 Å². The largest absolute Gasteiger partial charge is 0.479 e. The van der Waals surface area contributed by atoms with Gasteiger partial charge >= 0.3 is 5.69 Å². The number of nitrogens with zero attached hydrogens (tertiary/aromatic N) is 2. The Morgan fingerprint density at radius 1 is 1.23 bits per heavy atom. The summed E-state index contributed by atoms with van der Waals surface area (Å²) in [5.74, 6) is 3.12. The van der Waals surface area contributed by atoms with Gasteiger partial charge in [-0.15, -0.1) is 11.1 Å². The lowest BCUT2D eigenvalue weighted by Crippen LogP contribution is -2.32. The molecule has 6 nitrogen and oxygen atoms in total. The third-order valence-corrected chi connectivity index (χ3v) is 5.03. The lowest BCUT2D eigenvalue weighted by atomic mass is 10.2. The second kappa shape index (κ2) is 8.05. The molecule has 0 aliphatic carbocycles. The Kier molecular flexibility index (Phi) is 5.77. The normalized spacial score (nSPS) is 11.0. The van der Waals surface area contributed by atoms with E-state index in [4.69, 9.17) is 11.2 Å². The molecule has 0 fully saturated rings. The van der Waals surface area contributed by atoms with Crippen molar-refractivity contribution in [1.29, 1.82) is 0 Å². The molecule has 0 unspecified atom stereocenters. The fraction of sp³-hybridized carbons (Fsp3) is 0.0556. The van der Waals surface area contributed by atoms with Crippen LogP contribution in [-0.4, -0.2) is 22.5 Å². The van der Waals surface area contributed by atoms with Gasteiger partial charge in [-0.3, -0.25) is 4.79 Å². The number of hydrogen-bond donors (Lipinski definition) is 1. The van der Waals surface area contributed by atoms with E-state index in [1.54, 1.807) is 24.3 Å². The van der Waals surface area contributed by atoms with Crippen LogP contribution in [0.2, 0.25) is 0 Å². The average molecular weight is 571 g/mol. The van der Waals surface area contributed by atoms with Crippen LogP contribution in [0.15, 0.2) is 51.1 Å². The number of rotatable bonds is 4. The van der Waals surface area contributed by atoms with Gasteiger partial charge in [0.1, 0.15) is 12.4 Å². The fourth-order valence-electron chi connectivity index (χ4n) is 2.29. The number of fused-ring (bicyclic) bond motifs is 1. The molecule has 0 aliphatic rings. The minimum Gasteiger partial charge on any atom is -0.479 e. The van der Waals surface area contributed by atoms with Gasteiger partial charge in [-0.2, -0.15) is 5.10 Å². The summed E-state index contributed by atoms with van der Waals surface area (Å²) < 4.78 is 8.03. The van der Waals surface area contributed by atoms with E-state index in [1.807, 2.05) is 12.1 Å². The van der Waals surface area contributed by atoms with Crippen LogP contribution >= 0.6 is 45.2 Å². The predicted molar refractivity (Wildman–Crippen MR) is 118 cm³/mol. The number of aromatic nitrogens is 2. The van der Waals surface area contributed by atoms with E-state index < -0.39 is 11.2 Å². The Balaban J connectivity index is 2.01. The molecule has 1 N–H and O–H groups in total. The Labute approximate surface area is 175 Å². The zero-order chi connectivity index (χ0) is 18.7. The highest BCUT2D eigenvalue weighted by atomic mass is 127. The van der Waals surface area contributed by atoms with Crippen LogP contribution in [-0.2, 0) is 0 Å². The molecule has 26 heavy (non-hydrogen) atoms. The highest BCUT2D eigenvalue weighted by Crippen LogP contribution is 2.28. The van der Waals surface area contributed by atoms with Crippen LogP contribution in [0.3, 0.4) is 0 Å². The van der Waals surface area contributed by atoms with E-state index in [0.717, 1.165) is 17.4 Å². The van der Waals surface area contributed by atoms with Crippen LogP contribution in [0.1, 0.15) is 5.56 Å². The zero-order valence-electron chi connectivity index (χ0n) is 13.2. The third-order valence-electron chi connectivity index (χ3n) is 3.43. The fourth-order valence-corrected chi connectivity index (χ4v) is 4.42. The van der Waals surface area contributed by atoms with Crippen molar-refractivity contribution in [2.75, 3.05) is 6.61 Å². The van der Waals surface area contributed by atoms with Gasteiger partial charge in [0.25, 0.3) is 5.56 Å². The molecule has 0 radical (unpaired) electrons. The van der Waals surface area contributed by atoms with Crippen LogP contribution in [0.25, 0.3) is 10.9 Å². The van der Waals surface area contributed by atoms with Gasteiger partial charge in [0.2, 0.25) is 0 Å². The first-order valence-electron chi connectivity index (χ1n) is 7.35. The van der Waals surface area contributed by atoms with E-state index in [-0.39, 0.29) is 6.61 Å². The molecule has 130 valence electrons. The molecule has 2 aromatic carbocycles. The van der Waals surface area contributed by atoms with Gasteiger partial charge in [0.15, 0.2) is 0 Å². The van der Waals surface area contributed by atoms with Crippen molar-refractivity contribution in [3.05, 3.63) is 69.9 Å². The number of para-hydroxylation sites is 1. The second-order valence-electron chi connectivity index (χ2n) is 5.14. The van der Waals surface area contributed by atoms with Gasteiger partial charge in [-0.05, 0) is 75.0 Å². The topological polar surface area (TPSA) is 76.5 Å². The maximum Gasteiger partial charge on any atom is 0.349 e. The van der Waals surface area contributed by atoms with Crippen molar-refractivity contribution >= 4 is 62.3 Å². The first kappa shape index (κ1) is 18.7. The van der Waals surface area contributed by atoms with Crippen LogP contribution in [0.4, 0.5) is 0 Å². The summed E-state index contributed by atoms with van der Waals surface area (Å²) in [6.45, 7) is 0.182. The lowest BCUT2D eigenvalue weighted by Gasteiger charge is -2.08. The van der Waals surface area contributed by atoms with E-state index >= 15 is 0 Å². The number of benzene rings is 2. The van der Waals surface area contributed by atoms with Crippen LogP contribution in [0, 0.1) is 19.5 Å². The van der Waals surface area contributed by atoms with Gasteiger partial charge in [0.05, 0.1) is 24.3 Å². The molecule has 0 bridgehead atoms. The van der Waals surface area contributed by atoms with Crippen LogP contribution in [0.5, 0.6) is 5.75 Å². The molecule has 0 atom stereocenters. The Morgan fingerprint density at radius 2 is 1.92 bits per heavy atom. The Hall–Kier alpha value is -2.13. The molecule has 0 spiro atoms. The summed E-state index contributed by atoms with van der Waals surface area (Å²) in [5, 5.41) is 4.45. The Morgan fingerprint density at radius 3 is 2.62 bits per heavy atom. The smallest absolute Gasteiger partial charge is 0.349 e. The minimum absolute atomic E-state index is 0.182. The number of halogens is 2. The molecule has 3 rings (SSSR count). The predicted octanol–water partition coefficient (Wildman–Crippen LogP) is 2.79. The molecule has 1 aromatic heterocycles. The quantitative estimate of drug-likeness (QED) is 0.298. The van der Waals surface area contributed by atoms with Gasteiger partial charge in [-0.25, -0.2) is 4.79 Å². The molecule has 0 saturated carbocycles. The van der Waals surface area contributed by atoms with Gasteiger partial charge < -0.3 is 9.72 Å². The molecule has 0 saturated heterocycles. The maximum atomic E-state index is 12.5. The number of nitrogens with one attached hydrogen (secondary N) is 1. The highest BCUT2D eigenvalue weighted by molar-refractivity contribution is 14.1. The molecule has 8 heteroatoms. The molecule has 0 aliphatic heterocycles. The van der Waals surface area contributed by atoms with Crippen molar-refractivity contribution in [2.24, 2.45) is 5.10 Å². The molecular weight excluding hydrogens is 560 g/mol. The number of hydrogen-bond acceptors (Lipinski definition) is 4. The van der Waals surface area contributed by atoms with Crippen molar-refractivity contribution in [2.45, 2.75) is 0 Å². The second-order valence-corrected chi connectivity index (χ2v) is 7.47. The minimum atomic E-state index is -0.594. The van der Waals surface area contributed by atoms with E-state index in [2.05, 4.69) is 61.2 Å². The zero-order valence-corrected chi connectivity index (χ0v) is 17.5. The number of ether oxygens (including phenoxy) is 1. The summed E-state index contributed by atoms with van der Waals surface area (Å²) in [4.78, 5) is 27.2. The summed E-state index contributed by atoms with van der Waals surface area (Å²) in [5.41, 5.74) is 0.140. The van der Waals surface area contributed by atoms with E-state index in [1.165, 1.54) is 6.21 Å². The number of aromatic amines is 1. The monoisotopic (exact) mass is 571 g/mol. The van der Waals surface area contributed by atoms with Gasteiger partial charge in [0, 0.05) is 0 Å². The van der Waals surface area contributed by atoms with E-state index in [9.17, 15) is 9.59 Å². The molecule has 3 aromatic rings. The summed E-state index contributed by atoms with van der Waals surface area (Å²) in [6, 6.07) is 10.5. The van der Waals surface area contributed by atoms with Crippen molar-refractivity contribution in [3.8, 4) is 18.1 Å². The summed E-state index contributed by atoms with van der Waals surface area (Å²) in [6.07, 6.45) is 6.68. The first-order valence-corrected chi connectivity index (χ1v) is 9.50. The van der Waals surface area contributed by atoms with Crippen molar-refractivity contribution < 1.29 is 4.74 Å². The molecular formula is C18H11I2N3O3. The lowest BCUT2D eigenvalue weighted by molar-refractivity contribution is 0.365. The molecule has 0 amide bonds. The number of terminal acetylenes is 1. The average Bonchev–Trinajstić information content (AvgIpc) is 2.61. The van der Waals surface area contributed by atoms with E-state index in [0.29, 0.717) is 16.7 Å². The third kappa shape index (κ3) is 3.83. The summed E-state index contributed by atoms with van der Waals surface area (Å²) in [7, 11) is 0. The Bertz CT molecular complexity index is 1150. The number of H-pyrrole nitrogens is 1. The SMILES string of the molecule is C#CCOc1c(I)cc(C=Nn2c(=O)[nH]c3ccccc3c2=O)cc1I. The summed E-state index contributed by atoms with van der Waals surface area (Å²) >= 11 is 4.27. The highest BCUT2D eigenvalue weighted by Gasteiger charge is 2.09.